The fraction of sp³-hybridized carbons (Fsp3) is 0.900. The van der Waals surface area contributed by atoms with Crippen LogP contribution in [0.25, 0.3) is 0 Å². The van der Waals surface area contributed by atoms with Crippen LogP contribution in [0.5, 0.6) is 0 Å². The van der Waals surface area contributed by atoms with Gasteiger partial charge in [0.2, 0.25) is 0 Å². The van der Waals surface area contributed by atoms with E-state index >= 15 is 0 Å². The SMILES string of the molecule is CCCCCC(=O)CC[C@@H]1[C@H](CCC(C)CC(=O)OC)[C@@H](O)C[C@H]1O. The molecule has 146 valence electrons. The largest absolute Gasteiger partial charge is 0.469 e. The smallest absolute Gasteiger partial charge is 0.305 e. The summed E-state index contributed by atoms with van der Waals surface area (Å²) >= 11 is 0. The Morgan fingerprint density at radius 1 is 1.08 bits per heavy atom. The summed E-state index contributed by atoms with van der Waals surface area (Å²) in [4.78, 5) is 23.3. The van der Waals surface area contributed by atoms with Gasteiger partial charge in [0.15, 0.2) is 0 Å². The molecule has 1 unspecified atom stereocenters. The fourth-order valence-electron chi connectivity index (χ4n) is 3.95. The number of methoxy groups -OCH3 is 1. The highest BCUT2D eigenvalue weighted by molar-refractivity contribution is 5.78. The molecule has 0 heterocycles. The monoisotopic (exact) mass is 356 g/mol. The predicted molar refractivity (Wildman–Crippen MR) is 97.0 cm³/mol. The van der Waals surface area contributed by atoms with E-state index in [9.17, 15) is 19.8 Å². The molecule has 5 atom stereocenters. The van der Waals surface area contributed by atoms with E-state index in [0.29, 0.717) is 32.1 Å². The first kappa shape index (κ1) is 22.1. The Morgan fingerprint density at radius 2 is 1.72 bits per heavy atom. The number of ketones is 1. The Kier molecular flexibility index (Phi) is 10.3. The number of unbranched alkanes of at least 4 members (excludes halogenated alkanes) is 2. The van der Waals surface area contributed by atoms with Crippen LogP contribution < -0.4 is 0 Å². The summed E-state index contributed by atoms with van der Waals surface area (Å²) in [7, 11) is 1.39. The third-order valence-electron chi connectivity index (χ3n) is 5.57. The van der Waals surface area contributed by atoms with Gasteiger partial charge < -0.3 is 14.9 Å². The lowest BCUT2D eigenvalue weighted by molar-refractivity contribution is -0.141. The quantitative estimate of drug-likeness (QED) is 0.414. The van der Waals surface area contributed by atoms with Gasteiger partial charge >= 0.3 is 5.97 Å². The number of esters is 1. The van der Waals surface area contributed by atoms with Crippen LogP contribution in [0.4, 0.5) is 0 Å². The molecule has 1 aliphatic rings. The van der Waals surface area contributed by atoms with Gasteiger partial charge in [0.05, 0.1) is 19.3 Å². The van der Waals surface area contributed by atoms with Gasteiger partial charge in [0, 0.05) is 19.3 Å². The van der Waals surface area contributed by atoms with Crippen molar-refractivity contribution in [2.24, 2.45) is 17.8 Å². The minimum Gasteiger partial charge on any atom is -0.469 e. The van der Waals surface area contributed by atoms with Gasteiger partial charge in [0.25, 0.3) is 0 Å². The zero-order valence-electron chi connectivity index (χ0n) is 16.1. The van der Waals surface area contributed by atoms with Gasteiger partial charge in [0.1, 0.15) is 5.78 Å². The lowest BCUT2D eigenvalue weighted by Crippen LogP contribution is -2.24. The van der Waals surface area contributed by atoms with Crippen LogP contribution >= 0.6 is 0 Å². The van der Waals surface area contributed by atoms with Crippen molar-refractivity contribution in [1.29, 1.82) is 0 Å². The molecule has 0 aliphatic heterocycles. The normalized spacial score (nSPS) is 27.2. The molecule has 1 aliphatic carbocycles. The Morgan fingerprint density at radius 3 is 2.32 bits per heavy atom. The average Bonchev–Trinajstić information content (AvgIpc) is 2.84. The first-order chi connectivity index (χ1) is 11.9. The van der Waals surface area contributed by atoms with Crippen LogP contribution in [0.3, 0.4) is 0 Å². The first-order valence-electron chi connectivity index (χ1n) is 9.83. The van der Waals surface area contributed by atoms with E-state index in [1.165, 1.54) is 7.11 Å². The maximum Gasteiger partial charge on any atom is 0.305 e. The van der Waals surface area contributed by atoms with Gasteiger partial charge in [-0.3, -0.25) is 9.59 Å². The molecule has 0 bridgehead atoms. The van der Waals surface area contributed by atoms with Crippen LogP contribution in [-0.4, -0.2) is 41.3 Å². The standard InChI is InChI=1S/C20H36O5/c1-4-5-6-7-15(21)9-11-17-16(18(22)13-19(17)23)10-8-14(2)12-20(24)25-3/h14,16-19,22-23H,4-13H2,1-3H3/t14?,16-,17+,18-,19+/m0/s1. The second kappa shape index (κ2) is 11.6. The first-order valence-corrected chi connectivity index (χ1v) is 9.83. The molecule has 1 fully saturated rings. The van der Waals surface area contributed by atoms with Crippen LogP contribution in [0.15, 0.2) is 0 Å². The molecule has 0 spiro atoms. The molecule has 25 heavy (non-hydrogen) atoms. The van der Waals surface area contributed by atoms with Crippen LogP contribution in [0.1, 0.15) is 78.1 Å². The Labute approximate surface area is 152 Å². The van der Waals surface area contributed by atoms with Crippen LogP contribution in [0.2, 0.25) is 0 Å². The zero-order chi connectivity index (χ0) is 18.8. The van der Waals surface area contributed by atoms with E-state index in [1.807, 2.05) is 6.92 Å². The van der Waals surface area contributed by atoms with E-state index in [-0.39, 0.29) is 29.5 Å². The summed E-state index contributed by atoms with van der Waals surface area (Å²) in [5.74, 6) is 0.233. The second-order valence-corrected chi connectivity index (χ2v) is 7.70. The molecule has 2 N–H and O–H groups in total. The molecule has 1 rings (SSSR count). The van der Waals surface area contributed by atoms with Crippen LogP contribution in [-0.2, 0) is 14.3 Å². The molecular weight excluding hydrogens is 320 g/mol. The molecule has 0 aromatic rings. The van der Waals surface area contributed by atoms with Crippen molar-refractivity contribution in [2.45, 2.75) is 90.3 Å². The van der Waals surface area contributed by atoms with E-state index in [4.69, 9.17) is 4.74 Å². The molecular formula is C20H36O5. The summed E-state index contributed by atoms with van der Waals surface area (Å²) in [6.45, 7) is 4.12. The van der Waals surface area contributed by atoms with Gasteiger partial charge in [-0.1, -0.05) is 26.7 Å². The lowest BCUT2D eigenvalue weighted by atomic mass is 9.83. The Balaban J connectivity index is 2.44. The van der Waals surface area contributed by atoms with Crippen molar-refractivity contribution in [1.82, 2.24) is 0 Å². The van der Waals surface area contributed by atoms with Gasteiger partial charge in [-0.15, -0.1) is 0 Å². The Bertz CT molecular complexity index is 409. The van der Waals surface area contributed by atoms with Gasteiger partial charge in [-0.25, -0.2) is 0 Å². The van der Waals surface area contributed by atoms with Crippen molar-refractivity contribution < 1.29 is 24.5 Å². The highest BCUT2D eigenvalue weighted by atomic mass is 16.5. The van der Waals surface area contributed by atoms with Crippen LogP contribution in [0, 0.1) is 17.8 Å². The summed E-state index contributed by atoms with van der Waals surface area (Å²) in [5.41, 5.74) is 0. The van der Waals surface area contributed by atoms with Gasteiger partial charge in [-0.2, -0.15) is 0 Å². The predicted octanol–water partition coefficient (Wildman–Crippen LogP) is 3.25. The topological polar surface area (TPSA) is 83.8 Å². The molecule has 0 amide bonds. The highest BCUT2D eigenvalue weighted by Gasteiger charge is 2.41. The molecule has 0 radical (unpaired) electrons. The van der Waals surface area contributed by atoms with E-state index < -0.39 is 12.2 Å². The minimum absolute atomic E-state index is 0.0125. The van der Waals surface area contributed by atoms with Crippen molar-refractivity contribution >= 4 is 11.8 Å². The number of aliphatic hydroxyl groups excluding tert-OH is 2. The third kappa shape index (κ3) is 7.87. The minimum atomic E-state index is -0.528. The van der Waals surface area contributed by atoms with E-state index in [0.717, 1.165) is 32.1 Å². The van der Waals surface area contributed by atoms with Crippen molar-refractivity contribution in [2.75, 3.05) is 7.11 Å². The number of hydrogen-bond acceptors (Lipinski definition) is 5. The van der Waals surface area contributed by atoms with Crippen molar-refractivity contribution in [3.05, 3.63) is 0 Å². The maximum absolute atomic E-state index is 12.0. The number of aliphatic hydroxyl groups is 2. The fourth-order valence-corrected chi connectivity index (χ4v) is 3.95. The number of ether oxygens (including phenoxy) is 1. The van der Waals surface area contributed by atoms with E-state index in [1.54, 1.807) is 0 Å². The average molecular weight is 357 g/mol. The highest BCUT2D eigenvalue weighted by Crippen LogP contribution is 2.39. The second-order valence-electron chi connectivity index (χ2n) is 7.70. The summed E-state index contributed by atoms with van der Waals surface area (Å²) in [6.07, 6.45) is 6.21. The molecule has 5 nitrogen and oxygen atoms in total. The molecule has 0 aromatic heterocycles. The Hall–Kier alpha value is -0.940. The number of carbonyl (C=O) groups is 2. The van der Waals surface area contributed by atoms with Crippen molar-refractivity contribution in [3.8, 4) is 0 Å². The zero-order valence-corrected chi connectivity index (χ0v) is 16.1. The van der Waals surface area contributed by atoms with Gasteiger partial charge in [-0.05, 0) is 49.9 Å². The number of rotatable bonds is 12. The summed E-state index contributed by atoms with van der Waals surface area (Å²) in [6, 6.07) is 0. The summed E-state index contributed by atoms with van der Waals surface area (Å²) in [5, 5.41) is 20.5. The number of carbonyl (C=O) groups excluding carboxylic acids is 2. The van der Waals surface area contributed by atoms with E-state index in [2.05, 4.69) is 6.92 Å². The lowest BCUT2D eigenvalue weighted by Gasteiger charge is -2.24. The molecule has 0 saturated heterocycles. The number of Topliss-reactive ketones (excluding diaryl/α,β-unsaturated/α-hetero) is 1. The van der Waals surface area contributed by atoms with Crippen molar-refractivity contribution in [3.63, 3.8) is 0 Å². The maximum atomic E-state index is 12.0. The molecule has 0 aromatic carbocycles. The summed E-state index contributed by atoms with van der Waals surface area (Å²) < 4.78 is 4.69. The molecule has 5 heteroatoms. The number of hydrogen-bond donors (Lipinski definition) is 2. The molecule has 1 saturated carbocycles. The third-order valence-corrected chi connectivity index (χ3v) is 5.57.